The molecule has 2 aromatic carbocycles. The topological polar surface area (TPSA) is 72.7 Å². The van der Waals surface area contributed by atoms with Crippen LogP contribution in [0.15, 0.2) is 42.5 Å². The van der Waals surface area contributed by atoms with Gasteiger partial charge in [0.2, 0.25) is 0 Å². The summed E-state index contributed by atoms with van der Waals surface area (Å²) in [5, 5.41) is 11.5. The van der Waals surface area contributed by atoms with Crippen LogP contribution in [0.25, 0.3) is 0 Å². The molecule has 0 aliphatic heterocycles. The fourth-order valence-electron chi connectivity index (χ4n) is 1.93. The highest BCUT2D eigenvalue weighted by Crippen LogP contribution is 2.21. The minimum atomic E-state index is -0.517. The number of halogens is 2. The molecule has 0 heterocycles. The van der Waals surface area contributed by atoms with E-state index < -0.39 is 4.92 Å². The Morgan fingerprint density at radius 1 is 1.29 bits per heavy atom. The minimum Gasteiger partial charge on any atom is -0.492 e. The zero-order valence-corrected chi connectivity index (χ0v) is 15.7. The highest BCUT2D eigenvalue weighted by molar-refractivity contribution is 14.1. The second-order valence-corrected chi connectivity index (χ2v) is 6.55. The molecule has 0 radical (unpaired) electrons. The highest BCUT2D eigenvalue weighted by atomic mass is 127. The van der Waals surface area contributed by atoms with E-state index in [1.165, 1.54) is 17.0 Å². The number of benzene rings is 2. The Bertz CT molecular complexity index is 752. The maximum Gasteiger partial charge on any atom is 0.270 e. The molecule has 0 atom stereocenters. The van der Waals surface area contributed by atoms with Gasteiger partial charge in [0, 0.05) is 27.8 Å². The molecule has 0 aliphatic carbocycles. The molecule has 0 aliphatic rings. The second kappa shape index (κ2) is 8.29. The van der Waals surface area contributed by atoms with E-state index in [4.69, 9.17) is 16.3 Å². The molecule has 2 rings (SSSR count). The van der Waals surface area contributed by atoms with E-state index >= 15 is 0 Å². The van der Waals surface area contributed by atoms with Gasteiger partial charge < -0.3 is 9.64 Å². The molecule has 0 unspecified atom stereocenters. The molecule has 0 N–H and O–H groups in total. The molecule has 0 fully saturated rings. The molecule has 0 saturated carbocycles. The minimum absolute atomic E-state index is 0.107. The second-order valence-electron chi connectivity index (χ2n) is 4.95. The number of nitro groups is 1. The Hall–Kier alpha value is -1.87. The van der Waals surface area contributed by atoms with Gasteiger partial charge in [0.05, 0.1) is 17.0 Å². The van der Waals surface area contributed by atoms with Gasteiger partial charge in [-0.2, -0.15) is 0 Å². The molecule has 0 saturated heterocycles. The van der Waals surface area contributed by atoms with Crippen molar-refractivity contribution in [3.63, 3.8) is 0 Å². The number of carbonyl (C=O) groups excluding carboxylic acids is 1. The molecular weight excluding hydrogens is 447 g/mol. The van der Waals surface area contributed by atoms with Crippen LogP contribution in [0.3, 0.4) is 0 Å². The molecule has 126 valence electrons. The first kappa shape index (κ1) is 18.5. The van der Waals surface area contributed by atoms with E-state index in [0.717, 1.165) is 0 Å². The Morgan fingerprint density at radius 2 is 1.96 bits per heavy atom. The van der Waals surface area contributed by atoms with Crippen LogP contribution in [0.2, 0.25) is 5.02 Å². The van der Waals surface area contributed by atoms with Gasteiger partial charge >= 0.3 is 0 Å². The van der Waals surface area contributed by atoms with Gasteiger partial charge in [-0.15, -0.1) is 0 Å². The van der Waals surface area contributed by atoms with Crippen LogP contribution in [0.4, 0.5) is 5.69 Å². The summed E-state index contributed by atoms with van der Waals surface area (Å²) in [6.07, 6.45) is 0. The average molecular weight is 461 g/mol. The number of amides is 1. The Morgan fingerprint density at radius 3 is 2.58 bits per heavy atom. The number of nitro benzene ring substituents is 1. The van der Waals surface area contributed by atoms with Crippen molar-refractivity contribution in [2.75, 3.05) is 20.2 Å². The molecule has 8 heteroatoms. The van der Waals surface area contributed by atoms with Gasteiger partial charge in [-0.25, -0.2) is 0 Å². The summed E-state index contributed by atoms with van der Waals surface area (Å²) >= 11 is 7.78. The van der Waals surface area contributed by atoms with Crippen LogP contribution in [-0.4, -0.2) is 35.9 Å². The van der Waals surface area contributed by atoms with Crippen LogP contribution >= 0.6 is 34.2 Å². The quantitative estimate of drug-likeness (QED) is 0.371. The Kier molecular flexibility index (Phi) is 6.38. The lowest BCUT2D eigenvalue weighted by Crippen LogP contribution is -2.31. The van der Waals surface area contributed by atoms with Gasteiger partial charge in [0.1, 0.15) is 12.4 Å². The summed E-state index contributed by atoms with van der Waals surface area (Å²) in [7, 11) is 1.63. The number of ether oxygens (including phenoxy) is 1. The predicted molar refractivity (Wildman–Crippen MR) is 99.7 cm³/mol. The van der Waals surface area contributed by atoms with Crippen molar-refractivity contribution >= 4 is 45.8 Å². The van der Waals surface area contributed by atoms with Crippen molar-refractivity contribution < 1.29 is 14.5 Å². The standard InChI is InChI=1S/C16H14ClIN2O4/c1-19(8-9-24-13-5-2-11(17)3-6-13)16(21)14-10-12(20(22)23)4-7-15(14)18/h2-7,10H,8-9H2,1H3. The van der Waals surface area contributed by atoms with E-state index in [1.54, 1.807) is 37.4 Å². The monoisotopic (exact) mass is 460 g/mol. The summed E-state index contributed by atoms with van der Waals surface area (Å²) in [5.74, 6) is 0.369. The first-order valence-corrected chi connectivity index (χ1v) is 8.42. The molecule has 0 bridgehead atoms. The number of non-ortho nitro benzene ring substituents is 1. The lowest BCUT2D eigenvalue weighted by atomic mass is 10.2. The number of hydrogen-bond donors (Lipinski definition) is 0. The lowest BCUT2D eigenvalue weighted by molar-refractivity contribution is -0.384. The van der Waals surface area contributed by atoms with Crippen LogP contribution in [0.1, 0.15) is 10.4 Å². The number of rotatable bonds is 6. The van der Waals surface area contributed by atoms with Crippen molar-refractivity contribution in [2.45, 2.75) is 0 Å². The zero-order valence-electron chi connectivity index (χ0n) is 12.7. The first-order valence-electron chi connectivity index (χ1n) is 6.96. The fourth-order valence-corrected chi connectivity index (χ4v) is 2.62. The molecule has 0 spiro atoms. The molecule has 1 amide bonds. The number of hydrogen-bond acceptors (Lipinski definition) is 4. The first-order chi connectivity index (χ1) is 11.4. The smallest absolute Gasteiger partial charge is 0.270 e. The van der Waals surface area contributed by atoms with Gasteiger partial charge in [0.15, 0.2) is 0 Å². The van der Waals surface area contributed by atoms with Gasteiger partial charge in [0.25, 0.3) is 11.6 Å². The van der Waals surface area contributed by atoms with Crippen molar-refractivity contribution in [1.82, 2.24) is 4.90 Å². The van der Waals surface area contributed by atoms with E-state index in [2.05, 4.69) is 0 Å². The number of nitrogens with zero attached hydrogens (tertiary/aromatic N) is 2. The number of carbonyl (C=O) groups is 1. The van der Waals surface area contributed by atoms with Crippen LogP contribution in [0.5, 0.6) is 5.75 Å². The number of likely N-dealkylation sites (N-methyl/N-ethyl adjacent to an activating group) is 1. The van der Waals surface area contributed by atoms with E-state index in [0.29, 0.717) is 33.1 Å². The SMILES string of the molecule is CN(CCOc1ccc(Cl)cc1)C(=O)c1cc([N+](=O)[O-])ccc1I. The summed E-state index contributed by atoms with van der Waals surface area (Å²) < 4.78 is 6.21. The fraction of sp³-hybridized carbons (Fsp3) is 0.188. The maximum absolute atomic E-state index is 12.5. The average Bonchev–Trinajstić information content (AvgIpc) is 2.56. The third-order valence-corrected chi connectivity index (χ3v) is 4.44. The van der Waals surface area contributed by atoms with Crippen molar-refractivity contribution in [3.05, 3.63) is 66.7 Å². The zero-order chi connectivity index (χ0) is 17.7. The van der Waals surface area contributed by atoms with E-state index in [9.17, 15) is 14.9 Å². The summed E-state index contributed by atoms with van der Waals surface area (Å²) in [5.41, 5.74) is 0.198. The Labute approximate surface area is 157 Å². The molecule has 6 nitrogen and oxygen atoms in total. The van der Waals surface area contributed by atoms with Gasteiger partial charge in [-0.3, -0.25) is 14.9 Å². The van der Waals surface area contributed by atoms with Crippen molar-refractivity contribution in [2.24, 2.45) is 0 Å². The molecular formula is C16H14ClIN2O4. The molecule has 24 heavy (non-hydrogen) atoms. The van der Waals surface area contributed by atoms with Gasteiger partial charge in [-0.1, -0.05) is 11.6 Å². The molecule has 2 aromatic rings. The third kappa shape index (κ3) is 4.81. The normalized spacial score (nSPS) is 10.3. The summed E-state index contributed by atoms with van der Waals surface area (Å²) in [4.78, 5) is 24.3. The summed E-state index contributed by atoms with van der Waals surface area (Å²) in [6, 6.07) is 11.2. The van der Waals surface area contributed by atoms with Crippen molar-refractivity contribution in [1.29, 1.82) is 0 Å². The Balaban J connectivity index is 1.98. The van der Waals surface area contributed by atoms with Crippen molar-refractivity contribution in [3.8, 4) is 5.75 Å². The predicted octanol–water partition coefficient (Wildman–Crippen LogP) is 4.00. The summed E-state index contributed by atoms with van der Waals surface area (Å²) in [6.45, 7) is 0.648. The van der Waals surface area contributed by atoms with Crippen LogP contribution in [0, 0.1) is 13.7 Å². The third-order valence-electron chi connectivity index (χ3n) is 3.25. The van der Waals surface area contributed by atoms with Crippen LogP contribution in [-0.2, 0) is 0 Å². The largest absolute Gasteiger partial charge is 0.492 e. The van der Waals surface area contributed by atoms with Gasteiger partial charge in [-0.05, 0) is 52.9 Å². The highest BCUT2D eigenvalue weighted by Gasteiger charge is 2.18. The molecule has 0 aromatic heterocycles. The maximum atomic E-state index is 12.5. The van der Waals surface area contributed by atoms with Crippen LogP contribution < -0.4 is 4.74 Å². The van der Waals surface area contributed by atoms with E-state index in [1.807, 2.05) is 22.6 Å². The van der Waals surface area contributed by atoms with E-state index in [-0.39, 0.29) is 11.6 Å². The lowest BCUT2D eigenvalue weighted by Gasteiger charge is -2.18.